The van der Waals surface area contributed by atoms with E-state index < -0.39 is 0 Å². The van der Waals surface area contributed by atoms with Crippen LogP contribution in [0.2, 0.25) is 0 Å². The van der Waals surface area contributed by atoms with E-state index >= 15 is 0 Å². The Hall–Kier alpha value is -3.27. The fraction of sp³-hybridized carbons (Fsp3) is 0.208. The van der Waals surface area contributed by atoms with Gasteiger partial charge in [0, 0.05) is 24.3 Å². The number of hydrogen-bond acceptors (Lipinski definition) is 3. The highest BCUT2D eigenvalue weighted by atomic mass is 16.5. The van der Waals surface area contributed by atoms with Crippen molar-refractivity contribution in [3.63, 3.8) is 0 Å². The minimum absolute atomic E-state index is 0.0243. The normalized spacial score (nSPS) is 10.4. The Bertz CT molecular complexity index is 920. The number of benzene rings is 3. The Morgan fingerprint density at radius 1 is 0.893 bits per heavy atom. The smallest absolute Gasteiger partial charge is 0.224 e. The third-order valence-corrected chi connectivity index (χ3v) is 4.57. The van der Waals surface area contributed by atoms with Crippen LogP contribution in [0.1, 0.15) is 22.3 Å². The Morgan fingerprint density at radius 2 is 1.68 bits per heavy atom. The van der Waals surface area contributed by atoms with Gasteiger partial charge in [-0.3, -0.25) is 4.79 Å². The number of hydrogen-bond donors (Lipinski definition) is 2. The summed E-state index contributed by atoms with van der Waals surface area (Å²) in [5.74, 6) is 0.896. The number of carbonyl (C=O) groups is 1. The zero-order valence-electron chi connectivity index (χ0n) is 16.4. The van der Waals surface area contributed by atoms with Crippen LogP contribution in [0.25, 0.3) is 0 Å². The summed E-state index contributed by atoms with van der Waals surface area (Å²) in [5, 5.41) is 6.37. The van der Waals surface area contributed by atoms with Gasteiger partial charge in [-0.25, -0.2) is 0 Å². The summed E-state index contributed by atoms with van der Waals surface area (Å²) in [4.78, 5) is 12.2. The van der Waals surface area contributed by atoms with E-state index in [9.17, 15) is 4.79 Å². The van der Waals surface area contributed by atoms with E-state index in [-0.39, 0.29) is 5.91 Å². The van der Waals surface area contributed by atoms with Crippen LogP contribution in [0, 0.1) is 6.92 Å². The standard InChI is InChI=1S/C24H26N2O2/c1-18-6-5-7-20(14-18)16-26-24(27)15-19-10-12-22(13-11-19)25-17-21-8-3-4-9-23(21)28-2/h3-14,25H,15-17H2,1-2H3,(H,26,27). The summed E-state index contributed by atoms with van der Waals surface area (Å²) in [6, 6.07) is 24.1. The van der Waals surface area contributed by atoms with Crippen LogP contribution >= 0.6 is 0 Å². The number of methoxy groups -OCH3 is 1. The molecule has 0 radical (unpaired) electrons. The lowest BCUT2D eigenvalue weighted by Crippen LogP contribution is -2.24. The molecular weight excluding hydrogens is 348 g/mol. The SMILES string of the molecule is COc1ccccc1CNc1ccc(CC(=O)NCc2cccc(C)c2)cc1. The molecule has 0 aliphatic rings. The van der Waals surface area contributed by atoms with Gasteiger partial charge in [0.1, 0.15) is 5.75 Å². The highest BCUT2D eigenvalue weighted by molar-refractivity contribution is 5.78. The number of carbonyl (C=O) groups excluding carboxylic acids is 1. The first-order valence-electron chi connectivity index (χ1n) is 9.41. The fourth-order valence-corrected chi connectivity index (χ4v) is 3.06. The van der Waals surface area contributed by atoms with Gasteiger partial charge >= 0.3 is 0 Å². The first-order valence-corrected chi connectivity index (χ1v) is 9.41. The van der Waals surface area contributed by atoms with Crippen molar-refractivity contribution in [2.75, 3.05) is 12.4 Å². The van der Waals surface area contributed by atoms with Crippen molar-refractivity contribution in [2.45, 2.75) is 26.4 Å². The van der Waals surface area contributed by atoms with E-state index in [0.717, 1.165) is 28.1 Å². The third-order valence-electron chi connectivity index (χ3n) is 4.57. The van der Waals surface area contributed by atoms with Gasteiger partial charge in [-0.15, -0.1) is 0 Å². The van der Waals surface area contributed by atoms with Crippen LogP contribution in [-0.2, 0) is 24.3 Å². The number of aryl methyl sites for hydroxylation is 1. The minimum atomic E-state index is 0.0243. The maximum atomic E-state index is 12.2. The molecule has 3 aromatic carbocycles. The molecule has 0 unspecified atom stereocenters. The van der Waals surface area contributed by atoms with Crippen molar-refractivity contribution < 1.29 is 9.53 Å². The molecule has 0 saturated heterocycles. The van der Waals surface area contributed by atoms with Gasteiger partial charge in [0.2, 0.25) is 5.91 Å². The average Bonchev–Trinajstić information content (AvgIpc) is 2.72. The quantitative estimate of drug-likeness (QED) is 0.611. The Kier molecular flexibility index (Phi) is 6.68. The first-order chi connectivity index (χ1) is 13.6. The molecule has 4 nitrogen and oxygen atoms in total. The van der Waals surface area contributed by atoms with Crippen molar-refractivity contribution >= 4 is 11.6 Å². The lowest BCUT2D eigenvalue weighted by atomic mass is 10.1. The van der Waals surface area contributed by atoms with Crippen molar-refractivity contribution in [2.24, 2.45) is 0 Å². The van der Waals surface area contributed by atoms with E-state index in [0.29, 0.717) is 19.5 Å². The lowest BCUT2D eigenvalue weighted by Gasteiger charge is -2.11. The summed E-state index contributed by atoms with van der Waals surface area (Å²) in [6.07, 6.45) is 0.374. The van der Waals surface area contributed by atoms with Crippen molar-refractivity contribution in [1.82, 2.24) is 5.32 Å². The highest BCUT2D eigenvalue weighted by Crippen LogP contribution is 2.19. The summed E-state index contributed by atoms with van der Waals surface area (Å²) < 4.78 is 5.37. The summed E-state index contributed by atoms with van der Waals surface area (Å²) in [5.41, 5.74) is 5.41. The monoisotopic (exact) mass is 374 g/mol. The Labute approximate surface area is 166 Å². The molecule has 0 saturated carbocycles. The molecule has 0 aliphatic heterocycles. The molecule has 0 aromatic heterocycles. The summed E-state index contributed by atoms with van der Waals surface area (Å²) in [6.45, 7) is 3.29. The lowest BCUT2D eigenvalue weighted by molar-refractivity contribution is -0.120. The number of para-hydroxylation sites is 1. The van der Waals surface area contributed by atoms with Crippen LogP contribution in [0.3, 0.4) is 0 Å². The highest BCUT2D eigenvalue weighted by Gasteiger charge is 2.05. The van der Waals surface area contributed by atoms with Gasteiger partial charge in [0.05, 0.1) is 13.5 Å². The molecular formula is C24H26N2O2. The molecule has 0 aliphatic carbocycles. The van der Waals surface area contributed by atoms with Crippen molar-refractivity contribution in [3.8, 4) is 5.75 Å². The predicted molar refractivity (Wildman–Crippen MR) is 113 cm³/mol. The number of amides is 1. The van der Waals surface area contributed by atoms with E-state index in [1.807, 2.05) is 60.7 Å². The molecule has 3 aromatic rings. The van der Waals surface area contributed by atoms with E-state index in [2.05, 4.69) is 29.7 Å². The maximum absolute atomic E-state index is 12.2. The van der Waals surface area contributed by atoms with Crippen molar-refractivity contribution in [1.29, 1.82) is 0 Å². The van der Waals surface area contributed by atoms with Gasteiger partial charge in [0.25, 0.3) is 0 Å². The molecule has 0 bridgehead atoms. The fourth-order valence-electron chi connectivity index (χ4n) is 3.06. The summed E-state index contributed by atoms with van der Waals surface area (Å²) in [7, 11) is 1.68. The van der Waals surface area contributed by atoms with Crippen molar-refractivity contribution in [3.05, 3.63) is 95.1 Å². The van der Waals surface area contributed by atoms with Crippen LogP contribution in [0.4, 0.5) is 5.69 Å². The number of anilines is 1. The molecule has 0 spiro atoms. The largest absolute Gasteiger partial charge is 0.496 e. The maximum Gasteiger partial charge on any atom is 0.224 e. The summed E-state index contributed by atoms with van der Waals surface area (Å²) >= 11 is 0. The Morgan fingerprint density at radius 3 is 2.43 bits per heavy atom. The number of ether oxygens (including phenoxy) is 1. The second-order valence-corrected chi connectivity index (χ2v) is 6.80. The molecule has 2 N–H and O–H groups in total. The topological polar surface area (TPSA) is 50.4 Å². The van der Waals surface area contributed by atoms with E-state index in [1.54, 1.807) is 7.11 Å². The van der Waals surface area contributed by atoms with E-state index in [1.165, 1.54) is 5.56 Å². The van der Waals surface area contributed by atoms with Crippen LogP contribution in [0.15, 0.2) is 72.8 Å². The second kappa shape index (κ2) is 9.60. The van der Waals surface area contributed by atoms with Gasteiger partial charge in [-0.05, 0) is 36.2 Å². The molecule has 1 amide bonds. The first kappa shape index (κ1) is 19.5. The third kappa shape index (κ3) is 5.61. The number of rotatable bonds is 8. The van der Waals surface area contributed by atoms with E-state index in [4.69, 9.17) is 4.74 Å². The van der Waals surface area contributed by atoms with Crippen LogP contribution in [-0.4, -0.2) is 13.0 Å². The predicted octanol–water partition coefficient (Wildman–Crippen LogP) is 4.47. The Balaban J connectivity index is 1.49. The number of nitrogens with one attached hydrogen (secondary N) is 2. The van der Waals surface area contributed by atoms with Gasteiger partial charge < -0.3 is 15.4 Å². The van der Waals surface area contributed by atoms with Crippen LogP contribution in [0.5, 0.6) is 5.75 Å². The second-order valence-electron chi connectivity index (χ2n) is 6.80. The van der Waals surface area contributed by atoms with Gasteiger partial charge in [-0.2, -0.15) is 0 Å². The zero-order valence-corrected chi connectivity index (χ0v) is 16.4. The van der Waals surface area contributed by atoms with Gasteiger partial charge in [0.15, 0.2) is 0 Å². The molecule has 28 heavy (non-hydrogen) atoms. The zero-order chi connectivity index (χ0) is 19.8. The molecule has 0 heterocycles. The molecule has 4 heteroatoms. The average molecular weight is 374 g/mol. The minimum Gasteiger partial charge on any atom is -0.496 e. The molecule has 144 valence electrons. The molecule has 0 fully saturated rings. The van der Waals surface area contributed by atoms with Gasteiger partial charge in [-0.1, -0.05) is 60.2 Å². The molecule has 3 rings (SSSR count). The molecule has 0 atom stereocenters. The van der Waals surface area contributed by atoms with Crippen LogP contribution < -0.4 is 15.4 Å².